The van der Waals surface area contributed by atoms with Gasteiger partial charge >= 0.3 is 0 Å². The van der Waals surface area contributed by atoms with Gasteiger partial charge in [-0.1, -0.05) is 19.9 Å². The molecule has 0 saturated carbocycles. The summed E-state index contributed by atoms with van der Waals surface area (Å²) < 4.78 is 7.48. The highest BCUT2D eigenvalue weighted by Gasteiger charge is 2.13. The van der Waals surface area contributed by atoms with E-state index in [9.17, 15) is 0 Å². The first-order valence-corrected chi connectivity index (χ1v) is 7.33. The van der Waals surface area contributed by atoms with E-state index in [-0.39, 0.29) is 0 Å². The highest BCUT2D eigenvalue weighted by molar-refractivity contribution is 5.73. The van der Waals surface area contributed by atoms with Crippen molar-refractivity contribution in [1.29, 1.82) is 0 Å². The van der Waals surface area contributed by atoms with Gasteiger partial charge in [0.05, 0.1) is 12.8 Å². The number of rotatable bonds is 4. The van der Waals surface area contributed by atoms with Gasteiger partial charge in [0.1, 0.15) is 5.75 Å². The molecule has 0 saturated heterocycles. The van der Waals surface area contributed by atoms with Crippen LogP contribution in [0.15, 0.2) is 36.8 Å². The normalized spacial score (nSPS) is 11.1. The van der Waals surface area contributed by atoms with Crippen LogP contribution in [-0.4, -0.2) is 28.5 Å². The second kappa shape index (κ2) is 5.67. The second-order valence-electron chi connectivity index (χ2n) is 5.50. The van der Waals surface area contributed by atoms with E-state index in [0.29, 0.717) is 5.92 Å². The number of aromatic nitrogens is 3. The Kier molecular flexibility index (Phi) is 3.71. The molecule has 0 aliphatic rings. The summed E-state index contributed by atoms with van der Waals surface area (Å²) in [6.07, 6.45) is 5.66. The molecule has 2 heterocycles. The van der Waals surface area contributed by atoms with Gasteiger partial charge in [-0.2, -0.15) is 0 Å². The van der Waals surface area contributed by atoms with Crippen molar-refractivity contribution in [2.45, 2.75) is 19.8 Å². The Labute approximate surface area is 130 Å². The first kappa shape index (κ1) is 14.4. The molecule has 0 aliphatic carbocycles. The molecule has 1 aromatic carbocycles. The Hall–Kier alpha value is -2.56. The molecule has 3 aromatic rings. The zero-order valence-corrected chi connectivity index (χ0v) is 13.3. The Bertz CT molecular complexity index is 808. The summed E-state index contributed by atoms with van der Waals surface area (Å²) in [5.74, 6) is 2.02. The number of benzene rings is 1. The molecule has 0 amide bonds. The van der Waals surface area contributed by atoms with Crippen LogP contribution in [0.1, 0.15) is 25.3 Å². The Balaban J connectivity index is 2.23. The summed E-state index contributed by atoms with van der Waals surface area (Å²) in [6.45, 7) is 4.36. The van der Waals surface area contributed by atoms with E-state index >= 15 is 0 Å². The molecule has 1 N–H and O–H groups in total. The fraction of sp³-hybridized carbons (Fsp3) is 0.294. The van der Waals surface area contributed by atoms with Crippen LogP contribution in [0, 0.1) is 0 Å². The number of ether oxygens (including phenoxy) is 1. The Morgan fingerprint density at radius 2 is 2.09 bits per heavy atom. The third-order valence-corrected chi connectivity index (χ3v) is 3.78. The highest BCUT2D eigenvalue weighted by Crippen LogP contribution is 2.33. The zero-order valence-electron chi connectivity index (χ0n) is 13.3. The minimum atomic E-state index is 0.449. The van der Waals surface area contributed by atoms with Crippen molar-refractivity contribution in [2.75, 3.05) is 19.5 Å². The van der Waals surface area contributed by atoms with Crippen molar-refractivity contribution in [1.82, 2.24) is 14.4 Å². The SMILES string of the molecule is CNc1nc(-c2cc(C(C)C)ccc2OC)cn2ccnc12. The van der Waals surface area contributed by atoms with Gasteiger partial charge in [-0.05, 0) is 23.6 Å². The summed E-state index contributed by atoms with van der Waals surface area (Å²) in [4.78, 5) is 9.02. The van der Waals surface area contributed by atoms with E-state index in [1.54, 1.807) is 13.3 Å². The average Bonchev–Trinajstić information content (AvgIpc) is 3.01. The molecule has 0 radical (unpaired) electrons. The lowest BCUT2D eigenvalue weighted by Crippen LogP contribution is -2.01. The van der Waals surface area contributed by atoms with Crippen molar-refractivity contribution in [2.24, 2.45) is 0 Å². The van der Waals surface area contributed by atoms with Gasteiger partial charge in [-0.15, -0.1) is 0 Å². The predicted molar refractivity (Wildman–Crippen MR) is 88.6 cm³/mol. The van der Waals surface area contributed by atoms with Crippen LogP contribution in [0.5, 0.6) is 5.75 Å². The molecule has 0 unspecified atom stereocenters. The van der Waals surface area contributed by atoms with Gasteiger partial charge in [0.25, 0.3) is 0 Å². The van der Waals surface area contributed by atoms with Gasteiger partial charge < -0.3 is 14.5 Å². The van der Waals surface area contributed by atoms with Crippen LogP contribution < -0.4 is 10.1 Å². The molecular weight excluding hydrogens is 276 g/mol. The summed E-state index contributed by atoms with van der Waals surface area (Å²) in [6, 6.07) is 6.25. The number of imidazole rings is 1. The number of nitrogens with one attached hydrogen (secondary N) is 1. The molecule has 0 spiro atoms. The van der Waals surface area contributed by atoms with Gasteiger partial charge in [-0.3, -0.25) is 0 Å². The molecule has 2 aromatic heterocycles. The monoisotopic (exact) mass is 296 g/mol. The number of hydrogen-bond donors (Lipinski definition) is 1. The molecule has 0 fully saturated rings. The number of fused-ring (bicyclic) bond motifs is 1. The maximum atomic E-state index is 5.52. The maximum absolute atomic E-state index is 5.52. The first-order chi connectivity index (χ1) is 10.6. The van der Waals surface area contributed by atoms with Crippen LogP contribution in [0.2, 0.25) is 0 Å². The topological polar surface area (TPSA) is 51.5 Å². The van der Waals surface area contributed by atoms with Crippen LogP contribution >= 0.6 is 0 Å². The Morgan fingerprint density at radius 3 is 2.77 bits per heavy atom. The van der Waals surface area contributed by atoms with E-state index < -0.39 is 0 Å². The third-order valence-electron chi connectivity index (χ3n) is 3.78. The minimum absolute atomic E-state index is 0.449. The van der Waals surface area contributed by atoms with Crippen LogP contribution in [-0.2, 0) is 0 Å². The van der Waals surface area contributed by atoms with Crippen molar-refractivity contribution in [3.63, 3.8) is 0 Å². The molecule has 22 heavy (non-hydrogen) atoms. The summed E-state index contributed by atoms with van der Waals surface area (Å²) in [5, 5.41) is 3.11. The lowest BCUT2D eigenvalue weighted by molar-refractivity contribution is 0.416. The fourth-order valence-corrected chi connectivity index (χ4v) is 2.51. The quantitative estimate of drug-likeness (QED) is 0.799. The Morgan fingerprint density at radius 1 is 1.27 bits per heavy atom. The second-order valence-corrected chi connectivity index (χ2v) is 5.50. The van der Waals surface area contributed by atoms with Crippen molar-refractivity contribution >= 4 is 11.5 Å². The van der Waals surface area contributed by atoms with Crippen LogP contribution in [0.4, 0.5) is 5.82 Å². The summed E-state index contributed by atoms with van der Waals surface area (Å²) in [5.41, 5.74) is 3.91. The molecule has 3 rings (SSSR count). The van der Waals surface area contributed by atoms with Gasteiger partial charge in [0.15, 0.2) is 11.5 Å². The van der Waals surface area contributed by atoms with Crippen molar-refractivity contribution in [3.8, 4) is 17.0 Å². The molecule has 5 nitrogen and oxygen atoms in total. The molecule has 114 valence electrons. The molecular formula is C17H20N4O. The standard InChI is InChI=1S/C17H20N4O/c1-11(2)12-5-6-15(22-4)13(9-12)14-10-21-8-7-19-17(21)16(18-3)20-14/h5-11H,1-4H3,(H,18,20). The smallest absolute Gasteiger partial charge is 0.180 e. The number of nitrogens with zero attached hydrogens (tertiary/aromatic N) is 3. The number of hydrogen-bond acceptors (Lipinski definition) is 4. The molecule has 0 atom stereocenters. The zero-order chi connectivity index (χ0) is 15.7. The predicted octanol–water partition coefficient (Wildman–Crippen LogP) is 3.57. The van der Waals surface area contributed by atoms with E-state index in [1.807, 2.05) is 29.9 Å². The number of methoxy groups -OCH3 is 1. The largest absolute Gasteiger partial charge is 0.496 e. The highest BCUT2D eigenvalue weighted by atomic mass is 16.5. The lowest BCUT2D eigenvalue weighted by Gasteiger charge is -2.13. The van der Waals surface area contributed by atoms with Gasteiger partial charge in [0, 0.05) is 31.2 Å². The third kappa shape index (κ3) is 2.39. The molecule has 0 bridgehead atoms. The van der Waals surface area contributed by atoms with E-state index in [4.69, 9.17) is 9.72 Å². The minimum Gasteiger partial charge on any atom is -0.496 e. The summed E-state index contributed by atoms with van der Waals surface area (Å²) >= 11 is 0. The van der Waals surface area contributed by atoms with E-state index in [1.165, 1.54) is 5.56 Å². The van der Waals surface area contributed by atoms with Gasteiger partial charge in [0.2, 0.25) is 0 Å². The number of anilines is 1. The molecule has 0 aliphatic heterocycles. The maximum Gasteiger partial charge on any atom is 0.180 e. The van der Waals surface area contributed by atoms with E-state index in [2.05, 4.69) is 36.3 Å². The fourth-order valence-electron chi connectivity index (χ4n) is 2.51. The van der Waals surface area contributed by atoms with Crippen LogP contribution in [0.3, 0.4) is 0 Å². The first-order valence-electron chi connectivity index (χ1n) is 7.33. The molecule has 5 heteroatoms. The van der Waals surface area contributed by atoms with Crippen LogP contribution in [0.25, 0.3) is 16.9 Å². The van der Waals surface area contributed by atoms with Gasteiger partial charge in [-0.25, -0.2) is 9.97 Å². The van der Waals surface area contributed by atoms with Crippen molar-refractivity contribution < 1.29 is 4.74 Å². The summed E-state index contributed by atoms with van der Waals surface area (Å²) in [7, 11) is 3.53. The average molecular weight is 296 g/mol. The lowest BCUT2D eigenvalue weighted by atomic mass is 9.99. The van der Waals surface area contributed by atoms with E-state index in [0.717, 1.165) is 28.5 Å². The van der Waals surface area contributed by atoms with Crippen molar-refractivity contribution in [3.05, 3.63) is 42.4 Å².